The summed E-state index contributed by atoms with van der Waals surface area (Å²) >= 11 is 0. The molecule has 0 saturated carbocycles. The van der Waals surface area contributed by atoms with Crippen LogP contribution >= 0.6 is 0 Å². The van der Waals surface area contributed by atoms with E-state index in [1.165, 1.54) is 11.6 Å². The number of amides is 2. The SMILES string of the molecule is COc1ccc(NC(=O)/C=C/[C@H](CCc2ccccc2)NC(=O)[C@@H]2CCN2)cc1.O=C(O)C(F)(F)F. The van der Waals surface area contributed by atoms with Gasteiger partial charge in [0, 0.05) is 17.8 Å². The van der Waals surface area contributed by atoms with Gasteiger partial charge < -0.3 is 25.8 Å². The smallest absolute Gasteiger partial charge is 0.490 e. The summed E-state index contributed by atoms with van der Waals surface area (Å²) in [6, 6.07) is 16.9. The number of aliphatic carboxylic acids is 1. The van der Waals surface area contributed by atoms with Crippen molar-refractivity contribution < 1.29 is 37.4 Å². The van der Waals surface area contributed by atoms with E-state index in [1.807, 2.05) is 18.2 Å². The van der Waals surface area contributed by atoms with Gasteiger partial charge >= 0.3 is 12.1 Å². The summed E-state index contributed by atoms with van der Waals surface area (Å²) in [4.78, 5) is 33.5. The number of aryl methyl sites for hydroxylation is 1. The van der Waals surface area contributed by atoms with Gasteiger partial charge in [0.05, 0.1) is 13.2 Å². The molecule has 194 valence electrons. The lowest BCUT2D eigenvalue weighted by molar-refractivity contribution is -0.192. The van der Waals surface area contributed by atoms with Gasteiger partial charge in [0.25, 0.3) is 0 Å². The minimum Gasteiger partial charge on any atom is -0.497 e. The summed E-state index contributed by atoms with van der Waals surface area (Å²) in [5.74, 6) is -2.29. The fourth-order valence-corrected chi connectivity index (χ4v) is 3.04. The number of methoxy groups -OCH3 is 1. The third-order valence-corrected chi connectivity index (χ3v) is 5.13. The van der Waals surface area contributed by atoms with E-state index in [1.54, 1.807) is 37.5 Å². The molecule has 1 aliphatic rings. The summed E-state index contributed by atoms with van der Waals surface area (Å²) in [6.45, 7) is 0.868. The number of carbonyl (C=O) groups is 3. The molecule has 2 aromatic rings. The highest BCUT2D eigenvalue weighted by Crippen LogP contribution is 2.15. The Bertz CT molecular complexity index is 1020. The molecule has 4 N–H and O–H groups in total. The van der Waals surface area contributed by atoms with Gasteiger partial charge in [0.2, 0.25) is 11.8 Å². The van der Waals surface area contributed by atoms with Crippen LogP contribution in [-0.4, -0.2) is 54.8 Å². The van der Waals surface area contributed by atoms with Gasteiger partial charge in [0.1, 0.15) is 5.75 Å². The highest BCUT2D eigenvalue weighted by molar-refractivity contribution is 5.99. The first-order valence-corrected chi connectivity index (χ1v) is 11.1. The van der Waals surface area contributed by atoms with Gasteiger partial charge in [-0.2, -0.15) is 13.2 Å². The Kier molecular flexibility index (Phi) is 10.9. The maximum Gasteiger partial charge on any atom is 0.490 e. The first-order chi connectivity index (χ1) is 17.1. The zero-order valence-corrected chi connectivity index (χ0v) is 19.5. The lowest BCUT2D eigenvalue weighted by atomic mass is 10.0. The summed E-state index contributed by atoms with van der Waals surface area (Å²) in [5, 5.41) is 16.1. The molecule has 1 saturated heterocycles. The summed E-state index contributed by atoms with van der Waals surface area (Å²) in [6.07, 6.45) is 0.536. The van der Waals surface area contributed by atoms with Crippen LogP contribution in [-0.2, 0) is 20.8 Å². The van der Waals surface area contributed by atoms with Gasteiger partial charge in [-0.15, -0.1) is 0 Å². The van der Waals surface area contributed by atoms with Gasteiger partial charge in [-0.3, -0.25) is 9.59 Å². The van der Waals surface area contributed by atoms with Crippen LogP contribution in [0, 0.1) is 0 Å². The van der Waals surface area contributed by atoms with E-state index < -0.39 is 12.1 Å². The Morgan fingerprint density at radius 1 is 1.14 bits per heavy atom. The molecule has 0 aliphatic carbocycles. The number of hydrogen-bond acceptors (Lipinski definition) is 5. The highest BCUT2D eigenvalue weighted by Gasteiger charge is 2.38. The quantitative estimate of drug-likeness (QED) is 0.387. The number of hydrogen-bond donors (Lipinski definition) is 4. The normalized spacial score (nSPS) is 15.6. The van der Waals surface area contributed by atoms with Crippen molar-refractivity contribution in [2.75, 3.05) is 19.0 Å². The molecule has 0 aromatic heterocycles. The van der Waals surface area contributed by atoms with Crippen molar-refractivity contribution in [1.29, 1.82) is 0 Å². The van der Waals surface area contributed by atoms with Crippen LogP contribution < -0.4 is 20.7 Å². The largest absolute Gasteiger partial charge is 0.497 e. The van der Waals surface area contributed by atoms with Crippen LogP contribution in [0.2, 0.25) is 0 Å². The maximum atomic E-state index is 12.3. The van der Waals surface area contributed by atoms with E-state index in [0.717, 1.165) is 31.6 Å². The molecule has 36 heavy (non-hydrogen) atoms. The Morgan fingerprint density at radius 3 is 2.25 bits per heavy atom. The monoisotopic (exact) mass is 507 g/mol. The Hall–Kier alpha value is -3.86. The molecular weight excluding hydrogens is 479 g/mol. The lowest BCUT2D eigenvalue weighted by Crippen LogP contribution is -2.54. The standard InChI is InChI=1S/C23H27N3O3.C2HF3O2/c1-29-20-12-9-18(10-13-20)25-22(27)14-11-19(26-23(28)21-15-16-24-21)8-7-17-5-3-2-4-6-17;3-2(4,5)1(6)7/h2-6,9-14,19,21,24H,7-8,15-16H2,1H3,(H,25,27)(H,26,28);(H,6,7)/b14-11+;/t19-,21-;/m0./s1. The molecule has 0 unspecified atom stereocenters. The first-order valence-electron chi connectivity index (χ1n) is 11.1. The number of ether oxygens (including phenoxy) is 1. The number of anilines is 1. The van der Waals surface area contributed by atoms with E-state index >= 15 is 0 Å². The van der Waals surface area contributed by atoms with E-state index in [9.17, 15) is 22.8 Å². The fourth-order valence-electron chi connectivity index (χ4n) is 3.04. The van der Waals surface area contributed by atoms with E-state index in [-0.39, 0.29) is 23.9 Å². The average molecular weight is 508 g/mol. The molecule has 3 rings (SSSR count). The van der Waals surface area contributed by atoms with Crippen LogP contribution in [0.25, 0.3) is 0 Å². The zero-order valence-electron chi connectivity index (χ0n) is 19.5. The number of halogens is 3. The van der Waals surface area contributed by atoms with Crippen LogP contribution in [0.3, 0.4) is 0 Å². The molecule has 2 atom stereocenters. The second-order valence-electron chi connectivity index (χ2n) is 7.81. The molecule has 0 spiro atoms. The lowest BCUT2D eigenvalue weighted by Gasteiger charge is -2.28. The van der Waals surface area contributed by atoms with Crippen molar-refractivity contribution in [1.82, 2.24) is 10.6 Å². The minimum absolute atomic E-state index is 0.0190. The number of nitrogens with one attached hydrogen (secondary N) is 3. The van der Waals surface area contributed by atoms with E-state index in [2.05, 4.69) is 28.1 Å². The Balaban J connectivity index is 0.000000572. The second-order valence-corrected chi connectivity index (χ2v) is 7.81. The van der Waals surface area contributed by atoms with Crippen LogP contribution in [0.1, 0.15) is 18.4 Å². The second kappa shape index (κ2) is 13.9. The minimum atomic E-state index is -5.08. The van der Waals surface area contributed by atoms with Gasteiger partial charge in [-0.25, -0.2) is 4.79 Å². The third-order valence-electron chi connectivity index (χ3n) is 5.13. The van der Waals surface area contributed by atoms with Gasteiger partial charge in [0.15, 0.2) is 0 Å². The van der Waals surface area contributed by atoms with Crippen molar-refractivity contribution in [2.24, 2.45) is 0 Å². The predicted octanol–water partition coefficient (Wildman–Crippen LogP) is 3.30. The number of benzene rings is 2. The number of rotatable bonds is 9. The molecule has 1 fully saturated rings. The molecule has 0 radical (unpaired) electrons. The summed E-state index contributed by atoms with van der Waals surface area (Å²) in [5.41, 5.74) is 1.88. The number of carboxylic acids is 1. The van der Waals surface area contributed by atoms with E-state index in [0.29, 0.717) is 5.69 Å². The zero-order chi connectivity index (χ0) is 26.6. The van der Waals surface area contributed by atoms with Crippen LogP contribution in [0.15, 0.2) is 66.7 Å². The van der Waals surface area contributed by atoms with Crippen molar-refractivity contribution in [2.45, 2.75) is 37.5 Å². The van der Waals surface area contributed by atoms with E-state index in [4.69, 9.17) is 14.6 Å². The van der Waals surface area contributed by atoms with Crippen molar-refractivity contribution in [3.05, 3.63) is 72.3 Å². The topological polar surface area (TPSA) is 117 Å². The van der Waals surface area contributed by atoms with Crippen molar-refractivity contribution in [3.63, 3.8) is 0 Å². The van der Waals surface area contributed by atoms with Crippen molar-refractivity contribution in [3.8, 4) is 5.75 Å². The number of carbonyl (C=O) groups excluding carboxylic acids is 2. The number of alkyl halides is 3. The molecule has 1 heterocycles. The average Bonchev–Trinajstić information content (AvgIpc) is 2.80. The van der Waals surface area contributed by atoms with Gasteiger partial charge in [-0.1, -0.05) is 36.4 Å². The molecule has 11 heteroatoms. The molecule has 1 aliphatic heterocycles. The molecule has 0 bridgehead atoms. The third kappa shape index (κ3) is 10.2. The summed E-state index contributed by atoms with van der Waals surface area (Å²) in [7, 11) is 1.60. The van der Waals surface area contributed by atoms with Crippen LogP contribution in [0.4, 0.5) is 18.9 Å². The molecular formula is C25H28F3N3O5. The molecule has 2 amide bonds. The highest BCUT2D eigenvalue weighted by atomic mass is 19.4. The first kappa shape index (κ1) is 28.4. The van der Waals surface area contributed by atoms with Crippen LogP contribution in [0.5, 0.6) is 5.75 Å². The maximum absolute atomic E-state index is 12.3. The fraction of sp³-hybridized carbons (Fsp3) is 0.320. The Morgan fingerprint density at radius 2 is 1.75 bits per heavy atom. The summed E-state index contributed by atoms with van der Waals surface area (Å²) < 4.78 is 36.9. The predicted molar refractivity (Wildman–Crippen MR) is 128 cm³/mol. The number of carboxylic acid groups (broad SMARTS) is 1. The van der Waals surface area contributed by atoms with Gasteiger partial charge in [-0.05, 0) is 55.6 Å². The molecule has 2 aromatic carbocycles. The van der Waals surface area contributed by atoms with Crippen molar-refractivity contribution >= 4 is 23.5 Å². The Labute approximate surface area is 206 Å². The molecule has 8 nitrogen and oxygen atoms in total.